The van der Waals surface area contributed by atoms with Gasteiger partial charge in [-0.3, -0.25) is 9.88 Å². The fourth-order valence-electron chi connectivity index (χ4n) is 3.75. The third-order valence-electron chi connectivity index (χ3n) is 5.20. The van der Waals surface area contributed by atoms with Gasteiger partial charge in [0.15, 0.2) is 0 Å². The first-order valence-corrected chi connectivity index (χ1v) is 9.63. The lowest BCUT2D eigenvalue weighted by atomic mass is 10.0. The lowest BCUT2D eigenvalue weighted by Crippen LogP contribution is -2.45. The average molecular weight is 397 g/mol. The monoisotopic (exact) mass is 397 g/mol. The van der Waals surface area contributed by atoms with Crippen molar-refractivity contribution in [1.82, 2.24) is 15.2 Å². The smallest absolute Gasteiger partial charge is 0.308 e. The molecule has 0 aliphatic carbocycles. The Balaban J connectivity index is 1.47. The lowest BCUT2D eigenvalue weighted by molar-refractivity contribution is -0.137. The van der Waals surface area contributed by atoms with E-state index in [9.17, 15) is 13.2 Å². The van der Waals surface area contributed by atoms with Crippen molar-refractivity contribution in [2.24, 2.45) is 0 Å². The van der Waals surface area contributed by atoms with Crippen LogP contribution in [0.3, 0.4) is 0 Å². The average Bonchev–Trinajstić information content (AvgIpc) is 2.75. The van der Waals surface area contributed by atoms with Crippen LogP contribution < -0.4 is 5.32 Å². The van der Waals surface area contributed by atoms with Gasteiger partial charge in [0, 0.05) is 44.0 Å². The van der Waals surface area contributed by atoms with Crippen molar-refractivity contribution in [2.45, 2.75) is 18.8 Å². The van der Waals surface area contributed by atoms with Crippen molar-refractivity contribution in [3.05, 3.63) is 89.6 Å². The first-order valence-electron chi connectivity index (χ1n) is 9.63. The molecule has 1 aromatic heterocycles. The van der Waals surface area contributed by atoms with Gasteiger partial charge in [0.1, 0.15) is 0 Å². The van der Waals surface area contributed by atoms with E-state index in [-0.39, 0.29) is 11.6 Å². The van der Waals surface area contributed by atoms with Crippen LogP contribution in [0.2, 0.25) is 0 Å². The van der Waals surface area contributed by atoms with Gasteiger partial charge in [-0.25, -0.2) is 0 Å². The Morgan fingerprint density at radius 3 is 2.45 bits per heavy atom. The van der Waals surface area contributed by atoms with E-state index in [4.69, 9.17) is 0 Å². The van der Waals surface area contributed by atoms with E-state index < -0.39 is 11.7 Å². The number of hydrogen-bond acceptors (Lipinski definition) is 3. The Hall–Kier alpha value is -2.70. The van der Waals surface area contributed by atoms with Crippen LogP contribution in [0.5, 0.6) is 0 Å². The normalized spacial score (nSPS) is 18.0. The van der Waals surface area contributed by atoms with Crippen LogP contribution in [0.4, 0.5) is 13.2 Å². The molecule has 1 saturated heterocycles. The number of piperazine rings is 1. The van der Waals surface area contributed by atoms with Crippen molar-refractivity contribution in [1.29, 1.82) is 0 Å². The Kier molecular flexibility index (Phi) is 5.65. The summed E-state index contributed by atoms with van der Waals surface area (Å²) in [5, 5.41) is 3.54. The van der Waals surface area contributed by atoms with E-state index in [0.717, 1.165) is 37.8 Å². The molecule has 1 atom stereocenters. The van der Waals surface area contributed by atoms with Gasteiger partial charge in [0.25, 0.3) is 0 Å². The summed E-state index contributed by atoms with van der Waals surface area (Å²) in [4.78, 5) is 6.67. The third-order valence-corrected chi connectivity index (χ3v) is 5.20. The fraction of sp³-hybridized carbons (Fsp3) is 0.261. The second-order valence-corrected chi connectivity index (χ2v) is 7.25. The molecule has 1 unspecified atom stereocenters. The zero-order valence-electron chi connectivity index (χ0n) is 15.9. The number of alkyl halides is 3. The van der Waals surface area contributed by atoms with E-state index in [1.807, 2.05) is 24.3 Å². The summed E-state index contributed by atoms with van der Waals surface area (Å²) < 4.78 is 39.8. The van der Waals surface area contributed by atoms with Crippen LogP contribution >= 0.6 is 0 Å². The number of rotatable bonds is 4. The van der Waals surface area contributed by atoms with Gasteiger partial charge in [-0.2, -0.15) is 13.2 Å². The maximum absolute atomic E-state index is 13.3. The minimum Gasteiger partial charge on any atom is -0.308 e. The molecular weight excluding hydrogens is 375 g/mol. The summed E-state index contributed by atoms with van der Waals surface area (Å²) >= 11 is 0. The summed E-state index contributed by atoms with van der Waals surface area (Å²) in [5.74, 6) is 0. The molecule has 0 spiro atoms. The Bertz CT molecular complexity index is 940. The van der Waals surface area contributed by atoms with Gasteiger partial charge in [-0.1, -0.05) is 54.6 Å². The van der Waals surface area contributed by atoms with E-state index in [1.54, 1.807) is 18.3 Å². The highest BCUT2D eigenvalue weighted by molar-refractivity contribution is 5.64. The molecular formula is C23H22F3N3. The lowest BCUT2D eigenvalue weighted by Gasteiger charge is -2.34. The molecule has 3 nitrogen and oxygen atoms in total. The standard InChI is InChI=1S/C23H22F3N3/c24-23(25,26)20-9-5-4-8-19(20)21-11-10-17(14-28-21)15-29-13-12-27-22(16-29)18-6-2-1-3-7-18/h1-11,14,22,27H,12-13,15-16H2. The van der Waals surface area contributed by atoms with Gasteiger partial charge < -0.3 is 5.32 Å². The quantitative estimate of drug-likeness (QED) is 0.678. The van der Waals surface area contributed by atoms with Crippen molar-refractivity contribution in [3.8, 4) is 11.3 Å². The highest BCUT2D eigenvalue weighted by Crippen LogP contribution is 2.36. The fourth-order valence-corrected chi connectivity index (χ4v) is 3.75. The molecule has 150 valence electrons. The molecule has 6 heteroatoms. The van der Waals surface area contributed by atoms with Gasteiger partial charge in [-0.05, 0) is 23.3 Å². The first kappa shape index (κ1) is 19.6. The molecule has 3 aromatic rings. The number of nitrogens with one attached hydrogen (secondary N) is 1. The highest BCUT2D eigenvalue weighted by atomic mass is 19.4. The van der Waals surface area contributed by atoms with Crippen LogP contribution in [0, 0.1) is 0 Å². The maximum Gasteiger partial charge on any atom is 0.417 e. The molecule has 29 heavy (non-hydrogen) atoms. The molecule has 0 amide bonds. The van der Waals surface area contributed by atoms with Crippen molar-refractivity contribution in [3.63, 3.8) is 0 Å². The minimum atomic E-state index is -4.40. The van der Waals surface area contributed by atoms with Gasteiger partial charge in [0.2, 0.25) is 0 Å². The largest absolute Gasteiger partial charge is 0.417 e. The molecule has 2 heterocycles. The molecule has 1 aliphatic rings. The summed E-state index contributed by atoms with van der Waals surface area (Å²) in [7, 11) is 0. The van der Waals surface area contributed by atoms with Crippen molar-refractivity contribution < 1.29 is 13.2 Å². The molecule has 0 radical (unpaired) electrons. The van der Waals surface area contributed by atoms with Gasteiger partial charge >= 0.3 is 6.18 Å². The minimum absolute atomic E-state index is 0.109. The van der Waals surface area contributed by atoms with Crippen LogP contribution in [-0.2, 0) is 12.7 Å². The topological polar surface area (TPSA) is 28.2 Å². The van der Waals surface area contributed by atoms with Crippen molar-refractivity contribution >= 4 is 0 Å². The van der Waals surface area contributed by atoms with Crippen LogP contribution in [0.25, 0.3) is 11.3 Å². The molecule has 1 N–H and O–H groups in total. The summed E-state index contributed by atoms with van der Waals surface area (Å²) in [6.45, 7) is 3.41. The zero-order chi connectivity index (χ0) is 20.3. The van der Waals surface area contributed by atoms with Crippen LogP contribution in [-0.4, -0.2) is 29.5 Å². The van der Waals surface area contributed by atoms with E-state index in [0.29, 0.717) is 5.69 Å². The second-order valence-electron chi connectivity index (χ2n) is 7.25. The number of hydrogen-bond donors (Lipinski definition) is 1. The Morgan fingerprint density at radius 1 is 0.966 bits per heavy atom. The Labute approximate surface area is 168 Å². The highest BCUT2D eigenvalue weighted by Gasteiger charge is 2.33. The molecule has 1 aliphatic heterocycles. The molecule has 0 saturated carbocycles. The SMILES string of the molecule is FC(F)(F)c1ccccc1-c1ccc(CN2CCNC(c3ccccc3)C2)cn1. The van der Waals surface area contributed by atoms with Crippen LogP contribution in [0.1, 0.15) is 22.7 Å². The third kappa shape index (κ3) is 4.66. The van der Waals surface area contributed by atoms with Gasteiger partial charge in [0.05, 0.1) is 11.3 Å². The van der Waals surface area contributed by atoms with E-state index >= 15 is 0 Å². The number of benzene rings is 2. The maximum atomic E-state index is 13.3. The summed E-state index contributed by atoms with van der Waals surface area (Å²) in [6.07, 6.45) is -2.72. The summed E-state index contributed by atoms with van der Waals surface area (Å²) in [5.41, 5.74) is 2.04. The number of halogens is 3. The molecule has 0 bridgehead atoms. The number of nitrogens with zero attached hydrogens (tertiary/aromatic N) is 2. The molecule has 1 fully saturated rings. The number of aromatic nitrogens is 1. The predicted molar refractivity (Wildman–Crippen MR) is 107 cm³/mol. The summed E-state index contributed by atoms with van der Waals surface area (Å²) in [6, 6.07) is 19.7. The Morgan fingerprint density at radius 2 is 1.72 bits per heavy atom. The van der Waals surface area contributed by atoms with Crippen LogP contribution in [0.15, 0.2) is 72.9 Å². The van der Waals surface area contributed by atoms with E-state index in [1.165, 1.54) is 17.7 Å². The molecule has 4 rings (SSSR count). The second kappa shape index (κ2) is 8.35. The number of pyridine rings is 1. The molecule has 2 aromatic carbocycles. The van der Waals surface area contributed by atoms with E-state index in [2.05, 4.69) is 27.3 Å². The predicted octanol–water partition coefficient (Wildman–Crippen LogP) is 4.91. The van der Waals surface area contributed by atoms with Gasteiger partial charge in [-0.15, -0.1) is 0 Å². The first-order chi connectivity index (χ1) is 14.0. The zero-order valence-corrected chi connectivity index (χ0v) is 15.9. The van der Waals surface area contributed by atoms with Crippen molar-refractivity contribution in [2.75, 3.05) is 19.6 Å².